The quantitative estimate of drug-likeness (QED) is 0.569. The van der Waals surface area contributed by atoms with Crippen LogP contribution in [0.5, 0.6) is 5.75 Å². The average Bonchev–Trinajstić information content (AvgIpc) is 2.86. The number of ether oxygens (including phenoxy) is 1. The van der Waals surface area contributed by atoms with Crippen molar-refractivity contribution < 1.29 is 14.3 Å². The number of methoxy groups -OCH3 is 1. The first kappa shape index (κ1) is 23.2. The molecule has 2 N–H and O–H groups in total. The predicted octanol–water partition coefficient (Wildman–Crippen LogP) is 4.54. The van der Waals surface area contributed by atoms with Crippen molar-refractivity contribution in [3.8, 4) is 5.75 Å². The van der Waals surface area contributed by atoms with E-state index in [0.717, 1.165) is 29.9 Å². The number of piperazine rings is 1. The summed E-state index contributed by atoms with van der Waals surface area (Å²) in [6.07, 6.45) is 0.449. The zero-order valence-corrected chi connectivity index (χ0v) is 19.6. The zero-order valence-electron chi connectivity index (χ0n) is 19.6. The van der Waals surface area contributed by atoms with Gasteiger partial charge in [-0.25, -0.2) is 4.79 Å². The van der Waals surface area contributed by atoms with Crippen molar-refractivity contribution in [2.24, 2.45) is 0 Å². The van der Waals surface area contributed by atoms with Crippen molar-refractivity contribution in [1.82, 2.24) is 4.90 Å². The van der Waals surface area contributed by atoms with Crippen LogP contribution in [-0.2, 0) is 11.2 Å². The number of aryl methyl sites for hydroxylation is 1. The minimum atomic E-state index is -0.318. The largest absolute Gasteiger partial charge is 0.497 e. The molecule has 7 heteroatoms. The second-order valence-corrected chi connectivity index (χ2v) is 8.33. The molecule has 0 bridgehead atoms. The lowest BCUT2D eigenvalue weighted by molar-refractivity contribution is -0.130. The highest BCUT2D eigenvalue weighted by Gasteiger charge is 2.21. The maximum absolute atomic E-state index is 12.7. The van der Waals surface area contributed by atoms with Gasteiger partial charge in [-0.1, -0.05) is 30.3 Å². The molecule has 176 valence electrons. The normalized spacial score (nSPS) is 13.4. The molecule has 1 saturated heterocycles. The Morgan fingerprint density at radius 1 is 0.853 bits per heavy atom. The summed E-state index contributed by atoms with van der Waals surface area (Å²) >= 11 is 0. The number of hydrogen-bond acceptors (Lipinski definition) is 4. The number of carbonyl (C=O) groups is 2. The Hall–Kier alpha value is -4.00. The molecule has 0 unspecified atom stereocenters. The van der Waals surface area contributed by atoms with Gasteiger partial charge in [0, 0.05) is 49.3 Å². The maximum atomic E-state index is 12.7. The molecule has 0 aliphatic carbocycles. The summed E-state index contributed by atoms with van der Waals surface area (Å²) in [5.41, 5.74) is 4.68. The zero-order chi connectivity index (χ0) is 23.9. The van der Waals surface area contributed by atoms with Crippen molar-refractivity contribution in [3.63, 3.8) is 0 Å². The first-order chi connectivity index (χ1) is 16.5. The Bertz CT molecular complexity index is 1140. The summed E-state index contributed by atoms with van der Waals surface area (Å²) < 4.78 is 5.18. The van der Waals surface area contributed by atoms with E-state index >= 15 is 0 Å². The van der Waals surface area contributed by atoms with Crippen molar-refractivity contribution in [2.75, 3.05) is 48.8 Å². The first-order valence-corrected chi connectivity index (χ1v) is 11.4. The van der Waals surface area contributed by atoms with E-state index in [9.17, 15) is 9.59 Å². The van der Waals surface area contributed by atoms with Crippen LogP contribution in [0.25, 0.3) is 0 Å². The number of anilines is 3. The summed E-state index contributed by atoms with van der Waals surface area (Å²) in [5.74, 6) is 0.856. The van der Waals surface area contributed by atoms with Gasteiger partial charge in [0.25, 0.3) is 0 Å². The van der Waals surface area contributed by atoms with Crippen LogP contribution in [0.15, 0.2) is 72.8 Å². The average molecular weight is 459 g/mol. The Morgan fingerprint density at radius 2 is 1.56 bits per heavy atom. The fourth-order valence-corrected chi connectivity index (χ4v) is 4.05. The van der Waals surface area contributed by atoms with Crippen molar-refractivity contribution in [1.29, 1.82) is 0 Å². The molecular formula is C27H30N4O3. The molecule has 0 atom stereocenters. The number of hydrogen-bond donors (Lipinski definition) is 2. The van der Waals surface area contributed by atoms with Crippen molar-refractivity contribution in [3.05, 3.63) is 83.9 Å². The van der Waals surface area contributed by atoms with E-state index in [1.165, 1.54) is 0 Å². The highest BCUT2D eigenvalue weighted by molar-refractivity contribution is 5.99. The van der Waals surface area contributed by atoms with Crippen molar-refractivity contribution >= 4 is 29.0 Å². The fraction of sp³-hybridized carbons (Fsp3) is 0.259. The van der Waals surface area contributed by atoms with E-state index < -0.39 is 0 Å². The van der Waals surface area contributed by atoms with Crippen LogP contribution in [-0.4, -0.2) is 50.1 Å². The van der Waals surface area contributed by atoms with E-state index in [2.05, 4.69) is 15.5 Å². The van der Waals surface area contributed by atoms with Crippen LogP contribution < -0.4 is 20.3 Å². The highest BCUT2D eigenvalue weighted by Crippen LogP contribution is 2.21. The molecule has 1 aliphatic rings. The molecule has 4 rings (SSSR count). The molecule has 1 fully saturated rings. The molecule has 0 spiro atoms. The predicted molar refractivity (Wildman–Crippen MR) is 136 cm³/mol. The number of carbonyl (C=O) groups excluding carboxylic acids is 2. The molecule has 0 aromatic heterocycles. The van der Waals surface area contributed by atoms with Gasteiger partial charge in [0.05, 0.1) is 13.5 Å². The topological polar surface area (TPSA) is 73.9 Å². The molecule has 0 radical (unpaired) electrons. The van der Waals surface area contributed by atoms with Gasteiger partial charge in [0.1, 0.15) is 5.75 Å². The lowest BCUT2D eigenvalue weighted by atomic mass is 10.1. The third-order valence-electron chi connectivity index (χ3n) is 6.05. The molecule has 0 saturated carbocycles. The van der Waals surface area contributed by atoms with E-state index in [0.29, 0.717) is 36.6 Å². The van der Waals surface area contributed by atoms with Gasteiger partial charge in [-0.15, -0.1) is 0 Å². The first-order valence-electron chi connectivity index (χ1n) is 11.4. The van der Waals surface area contributed by atoms with Gasteiger partial charge in [-0.2, -0.15) is 0 Å². The Morgan fingerprint density at radius 3 is 2.26 bits per heavy atom. The van der Waals surface area contributed by atoms with Gasteiger partial charge in [0.15, 0.2) is 0 Å². The van der Waals surface area contributed by atoms with Crippen LogP contribution >= 0.6 is 0 Å². The van der Waals surface area contributed by atoms with Crippen LogP contribution in [0.4, 0.5) is 21.9 Å². The van der Waals surface area contributed by atoms with Crippen LogP contribution in [0.2, 0.25) is 0 Å². The number of rotatable bonds is 6. The monoisotopic (exact) mass is 458 g/mol. The Balaban J connectivity index is 1.27. The summed E-state index contributed by atoms with van der Waals surface area (Å²) in [6.45, 7) is 5.01. The van der Waals surface area contributed by atoms with E-state index in [1.807, 2.05) is 72.5 Å². The number of benzene rings is 3. The van der Waals surface area contributed by atoms with E-state index in [4.69, 9.17) is 4.74 Å². The van der Waals surface area contributed by atoms with Gasteiger partial charge < -0.3 is 25.2 Å². The lowest BCUT2D eigenvalue weighted by Gasteiger charge is -2.36. The van der Waals surface area contributed by atoms with Crippen LogP contribution in [0, 0.1) is 6.92 Å². The summed E-state index contributed by atoms with van der Waals surface area (Å²) in [5, 5.41) is 5.65. The van der Waals surface area contributed by atoms with Gasteiger partial charge in [0.2, 0.25) is 5.91 Å². The second-order valence-electron chi connectivity index (χ2n) is 8.33. The fourth-order valence-electron chi connectivity index (χ4n) is 4.05. The number of nitrogens with one attached hydrogen (secondary N) is 2. The molecule has 3 aromatic rings. The minimum absolute atomic E-state index is 0.176. The number of urea groups is 1. The summed E-state index contributed by atoms with van der Waals surface area (Å²) in [4.78, 5) is 29.2. The van der Waals surface area contributed by atoms with E-state index in [1.54, 1.807) is 19.2 Å². The van der Waals surface area contributed by atoms with E-state index in [-0.39, 0.29) is 11.9 Å². The molecule has 7 nitrogen and oxygen atoms in total. The highest BCUT2D eigenvalue weighted by atomic mass is 16.5. The Kier molecular flexibility index (Phi) is 7.32. The standard InChI is InChI=1S/C27H30N4O3/c1-20-6-3-4-7-21(20)18-26(32)31-16-14-30(15-17-31)24-12-10-22(11-13-24)28-27(33)29-23-8-5-9-25(19-23)34-2/h3-13,19H,14-18H2,1-2H3,(H2,28,29,33). The lowest BCUT2D eigenvalue weighted by Crippen LogP contribution is -2.49. The van der Waals surface area contributed by atoms with Crippen molar-refractivity contribution in [2.45, 2.75) is 13.3 Å². The summed E-state index contributed by atoms with van der Waals surface area (Å²) in [6, 6.07) is 22.7. The van der Waals surface area contributed by atoms with Gasteiger partial charge in [-0.3, -0.25) is 4.79 Å². The number of nitrogens with zero attached hydrogens (tertiary/aromatic N) is 2. The third kappa shape index (κ3) is 5.86. The number of amides is 3. The summed E-state index contributed by atoms with van der Waals surface area (Å²) in [7, 11) is 1.59. The minimum Gasteiger partial charge on any atom is -0.497 e. The third-order valence-corrected chi connectivity index (χ3v) is 6.05. The second kappa shape index (κ2) is 10.7. The molecule has 1 aliphatic heterocycles. The van der Waals surface area contributed by atoms with Crippen LogP contribution in [0.1, 0.15) is 11.1 Å². The molecular weight excluding hydrogens is 428 g/mol. The SMILES string of the molecule is COc1cccc(NC(=O)Nc2ccc(N3CCN(C(=O)Cc4ccccc4C)CC3)cc2)c1. The smallest absolute Gasteiger partial charge is 0.323 e. The molecule has 3 aromatic carbocycles. The molecule has 34 heavy (non-hydrogen) atoms. The molecule has 3 amide bonds. The Labute approximate surface area is 200 Å². The van der Waals surface area contributed by atoms with Gasteiger partial charge in [-0.05, 0) is 54.4 Å². The molecule has 1 heterocycles. The van der Waals surface area contributed by atoms with Gasteiger partial charge >= 0.3 is 6.03 Å². The van der Waals surface area contributed by atoms with Crippen LogP contribution in [0.3, 0.4) is 0 Å². The maximum Gasteiger partial charge on any atom is 0.323 e.